The Morgan fingerprint density at radius 3 is 2.53 bits per heavy atom. The smallest absolute Gasteiger partial charge is 0.236 e. The zero-order valence-electron chi connectivity index (χ0n) is 18.4. The van der Waals surface area contributed by atoms with Crippen LogP contribution >= 0.6 is 24.0 Å². The van der Waals surface area contributed by atoms with E-state index in [0.717, 1.165) is 30.5 Å². The average molecular weight is 553 g/mol. The maximum absolute atomic E-state index is 12.8. The second kappa shape index (κ2) is 12.7. The number of aliphatic imine (C=N–C) groups is 1. The van der Waals surface area contributed by atoms with E-state index in [1.807, 2.05) is 31.2 Å². The molecule has 1 aliphatic rings. The lowest BCUT2D eigenvalue weighted by Gasteiger charge is -2.29. The number of aliphatic hydroxyl groups is 1. The third-order valence-electron chi connectivity index (χ3n) is 5.89. The number of nitrogens with one attached hydrogen (secondary N) is 2. The number of sulfonamides is 1. The van der Waals surface area contributed by atoms with Crippen molar-refractivity contribution in [2.75, 3.05) is 42.8 Å². The van der Waals surface area contributed by atoms with E-state index in [-0.39, 0.29) is 48.3 Å². The molecule has 0 unspecified atom stereocenters. The molecule has 30 heavy (non-hydrogen) atoms. The monoisotopic (exact) mass is 552 g/mol. The van der Waals surface area contributed by atoms with E-state index in [4.69, 9.17) is 0 Å². The molecule has 0 amide bonds. The van der Waals surface area contributed by atoms with E-state index in [2.05, 4.69) is 29.5 Å². The summed E-state index contributed by atoms with van der Waals surface area (Å²) < 4.78 is 27.2. The van der Waals surface area contributed by atoms with Gasteiger partial charge in [-0.2, -0.15) is 0 Å². The second-order valence-electron chi connectivity index (χ2n) is 7.57. The fourth-order valence-electron chi connectivity index (χ4n) is 3.74. The molecule has 3 N–H and O–H groups in total. The lowest BCUT2D eigenvalue weighted by Crippen LogP contribution is -2.42. The van der Waals surface area contributed by atoms with Crippen molar-refractivity contribution in [1.29, 1.82) is 0 Å². The Morgan fingerprint density at radius 2 is 1.90 bits per heavy atom. The molecule has 7 nitrogen and oxygen atoms in total. The number of nitrogens with zero attached hydrogens (tertiary/aromatic N) is 2. The van der Waals surface area contributed by atoms with E-state index in [1.54, 1.807) is 0 Å². The lowest BCUT2D eigenvalue weighted by molar-refractivity contribution is 0.175. The standard InChI is InChI=1S/C21H36N4O3S.HI/c1-4-21(5-2,12-15-26)17-24-20(22-6-3)23-13-16-29(27,28)25-14-11-18-9-7-8-10-19(18)25;/h7-10,26H,4-6,11-17H2,1-3H3,(H2,22,23,24);1H. The van der Waals surface area contributed by atoms with Gasteiger partial charge in [-0.15, -0.1) is 24.0 Å². The van der Waals surface area contributed by atoms with Gasteiger partial charge in [-0.3, -0.25) is 9.30 Å². The zero-order valence-corrected chi connectivity index (χ0v) is 21.5. The number of fused-ring (bicyclic) bond motifs is 1. The van der Waals surface area contributed by atoms with Crippen LogP contribution in [0.4, 0.5) is 5.69 Å². The molecule has 0 atom stereocenters. The van der Waals surface area contributed by atoms with Crippen molar-refractivity contribution in [2.45, 2.75) is 46.5 Å². The van der Waals surface area contributed by atoms with Gasteiger partial charge < -0.3 is 15.7 Å². The molecular weight excluding hydrogens is 515 g/mol. The van der Waals surface area contributed by atoms with Crippen LogP contribution in [-0.4, -0.2) is 58.0 Å². The van der Waals surface area contributed by atoms with Gasteiger partial charge in [0.2, 0.25) is 10.0 Å². The summed E-state index contributed by atoms with van der Waals surface area (Å²) in [5.41, 5.74) is 1.86. The van der Waals surface area contributed by atoms with Crippen molar-refractivity contribution >= 4 is 45.6 Å². The third-order valence-corrected chi connectivity index (χ3v) is 7.66. The Balaban J connectivity index is 0.00000450. The molecule has 1 aromatic rings. The van der Waals surface area contributed by atoms with Gasteiger partial charge in [0.15, 0.2) is 5.96 Å². The molecule has 0 aromatic heterocycles. The Hall–Kier alpha value is -1.07. The topological polar surface area (TPSA) is 94.0 Å². The first-order valence-electron chi connectivity index (χ1n) is 10.6. The normalized spacial score (nSPS) is 14.3. The van der Waals surface area contributed by atoms with Gasteiger partial charge in [0.05, 0.1) is 11.4 Å². The number of guanidine groups is 1. The summed E-state index contributed by atoms with van der Waals surface area (Å²) in [7, 11) is -3.39. The summed E-state index contributed by atoms with van der Waals surface area (Å²) in [5, 5.41) is 15.7. The van der Waals surface area contributed by atoms with Crippen molar-refractivity contribution in [2.24, 2.45) is 10.4 Å². The van der Waals surface area contributed by atoms with Crippen LogP contribution in [0.25, 0.3) is 0 Å². The Labute approximate surface area is 198 Å². The predicted octanol–water partition coefficient (Wildman–Crippen LogP) is 2.74. The summed E-state index contributed by atoms with van der Waals surface area (Å²) in [6.45, 7) is 8.47. The van der Waals surface area contributed by atoms with Crippen LogP contribution in [-0.2, 0) is 16.4 Å². The number of aliphatic hydroxyl groups excluding tert-OH is 1. The second-order valence-corrected chi connectivity index (χ2v) is 9.58. The number of rotatable bonds is 11. The number of benzene rings is 1. The zero-order chi connectivity index (χ0) is 21.3. The molecule has 1 heterocycles. The number of hydrogen-bond acceptors (Lipinski definition) is 4. The minimum atomic E-state index is -3.39. The molecule has 0 aliphatic carbocycles. The predicted molar refractivity (Wildman–Crippen MR) is 135 cm³/mol. The van der Waals surface area contributed by atoms with Gasteiger partial charge in [-0.05, 0) is 49.7 Å². The van der Waals surface area contributed by atoms with Crippen LogP contribution in [0.15, 0.2) is 29.3 Å². The Kier molecular flexibility index (Phi) is 11.4. The maximum Gasteiger partial charge on any atom is 0.236 e. The lowest BCUT2D eigenvalue weighted by atomic mass is 9.79. The van der Waals surface area contributed by atoms with E-state index in [9.17, 15) is 13.5 Å². The highest BCUT2D eigenvalue weighted by atomic mass is 127. The van der Waals surface area contributed by atoms with Crippen LogP contribution < -0.4 is 14.9 Å². The van der Waals surface area contributed by atoms with Gasteiger partial charge in [0, 0.05) is 32.8 Å². The third kappa shape index (κ3) is 6.98. The van der Waals surface area contributed by atoms with Gasteiger partial charge in [-0.1, -0.05) is 32.0 Å². The molecule has 1 aromatic carbocycles. The summed E-state index contributed by atoms with van der Waals surface area (Å²) in [6.07, 6.45) is 3.35. The molecule has 0 saturated heterocycles. The summed E-state index contributed by atoms with van der Waals surface area (Å²) in [4.78, 5) is 4.67. The first-order chi connectivity index (χ1) is 13.9. The van der Waals surface area contributed by atoms with Gasteiger partial charge in [0.1, 0.15) is 0 Å². The fraction of sp³-hybridized carbons (Fsp3) is 0.667. The van der Waals surface area contributed by atoms with Crippen LogP contribution in [0.3, 0.4) is 0 Å². The number of anilines is 1. The quantitative estimate of drug-likeness (QED) is 0.223. The number of halogens is 1. The van der Waals surface area contributed by atoms with Crippen LogP contribution in [0, 0.1) is 5.41 Å². The van der Waals surface area contributed by atoms with Crippen LogP contribution in [0.1, 0.15) is 45.6 Å². The fourth-order valence-corrected chi connectivity index (χ4v) is 5.17. The number of para-hydroxylation sites is 1. The van der Waals surface area contributed by atoms with Crippen molar-refractivity contribution in [3.63, 3.8) is 0 Å². The van der Waals surface area contributed by atoms with Gasteiger partial charge >= 0.3 is 0 Å². The minimum absolute atomic E-state index is 0. The summed E-state index contributed by atoms with van der Waals surface area (Å²) in [6, 6.07) is 7.67. The highest BCUT2D eigenvalue weighted by molar-refractivity contribution is 14.0. The largest absolute Gasteiger partial charge is 0.396 e. The molecule has 1 aliphatic heterocycles. The van der Waals surface area contributed by atoms with Crippen LogP contribution in [0.5, 0.6) is 0 Å². The van der Waals surface area contributed by atoms with E-state index in [1.165, 1.54) is 4.31 Å². The van der Waals surface area contributed by atoms with Gasteiger partial charge in [-0.25, -0.2) is 8.42 Å². The average Bonchev–Trinajstić information content (AvgIpc) is 3.16. The molecule has 0 spiro atoms. The van der Waals surface area contributed by atoms with Gasteiger partial charge in [0.25, 0.3) is 0 Å². The molecule has 0 fully saturated rings. The summed E-state index contributed by atoms with van der Waals surface area (Å²) >= 11 is 0. The Bertz CT molecular complexity index is 782. The van der Waals surface area contributed by atoms with Crippen LogP contribution in [0.2, 0.25) is 0 Å². The molecule has 0 bridgehead atoms. The highest BCUT2D eigenvalue weighted by Crippen LogP contribution is 2.31. The first kappa shape index (κ1) is 27.0. The van der Waals surface area contributed by atoms with Crippen molar-refractivity contribution in [3.05, 3.63) is 29.8 Å². The summed E-state index contributed by atoms with van der Waals surface area (Å²) in [5.74, 6) is 0.628. The first-order valence-corrected chi connectivity index (χ1v) is 12.2. The number of hydrogen-bond donors (Lipinski definition) is 3. The SMILES string of the molecule is CCNC(=NCC(CC)(CC)CCO)NCCS(=O)(=O)N1CCc2ccccc21.I. The van der Waals surface area contributed by atoms with E-state index < -0.39 is 10.0 Å². The van der Waals surface area contributed by atoms with E-state index in [0.29, 0.717) is 32.0 Å². The Morgan fingerprint density at radius 1 is 1.20 bits per heavy atom. The molecule has 0 radical (unpaired) electrons. The molecule has 0 saturated carbocycles. The molecule has 2 rings (SSSR count). The van der Waals surface area contributed by atoms with E-state index >= 15 is 0 Å². The molecule has 172 valence electrons. The molecule has 9 heteroatoms. The highest BCUT2D eigenvalue weighted by Gasteiger charge is 2.29. The van der Waals surface area contributed by atoms with Crippen molar-refractivity contribution < 1.29 is 13.5 Å². The van der Waals surface area contributed by atoms with Crippen molar-refractivity contribution in [1.82, 2.24) is 10.6 Å². The minimum Gasteiger partial charge on any atom is -0.396 e. The maximum atomic E-state index is 12.8. The van der Waals surface area contributed by atoms with Crippen molar-refractivity contribution in [3.8, 4) is 0 Å². The molecular formula is C21H37IN4O3S.